The number of nitrogens with zero attached hydrogens (tertiary/aromatic N) is 1. The van der Waals surface area contributed by atoms with Gasteiger partial charge in [0.05, 0.1) is 11.5 Å². The van der Waals surface area contributed by atoms with Crippen molar-refractivity contribution in [3.05, 3.63) is 45.5 Å². The van der Waals surface area contributed by atoms with Crippen LogP contribution in [0, 0.1) is 17.0 Å². The molecule has 5 heteroatoms. The highest BCUT2D eigenvalue weighted by Gasteiger charge is 2.07. The second-order valence-electron chi connectivity index (χ2n) is 3.38. The molecular weight excluding hydrogens is 222 g/mol. The molecule has 0 aliphatic carbocycles. The summed E-state index contributed by atoms with van der Waals surface area (Å²) in [6, 6.07) is 4.49. The summed E-state index contributed by atoms with van der Waals surface area (Å²) in [5.41, 5.74) is 1.49. The number of nitro benzene ring substituents is 1. The molecule has 0 spiro atoms. The van der Waals surface area contributed by atoms with Gasteiger partial charge in [-0.3, -0.25) is 10.1 Å². The van der Waals surface area contributed by atoms with Crippen molar-refractivity contribution < 1.29 is 14.5 Å². The average molecular weight is 235 g/mol. The Morgan fingerprint density at radius 1 is 1.53 bits per heavy atom. The standard InChI is InChI=1S/C12H13NO4/c1-3-17-12(14)7-5-10-8-11(13(15)16)6-4-9(10)2/h4-8H,3H2,1-2H3/b7-5+. The molecule has 0 saturated carbocycles. The lowest BCUT2D eigenvalue weighted by atomic mass is 10.1. The molecule has 1 aromatic rings. The van der Waals surface area contributed by atoms with Gasteiger partial charge in [-0.1, -0.05) is 6.07 Å². The molecule has 0 amide bonds. The predicted molar refractivity (Wildman–Crippen MR) is 63.5 cm³/mol. The topological polar surface area (TPSA) is 69.4 Å². The van der Waals surface area contributed by atoms with E-state index in [2.05, 4.69) is 0 Å². The number of nitro groups is 1. The number of hydrogen-bond donors (Lipinski definition) is 0. The van der Waals surface area contributed by atoms with Gasteiger partial charge in [-0.2, -0.15) is 0 Å². The molecule has 5 nitrogen and oxygen atoms in total. The van der Waals surface area contributed by atoms with Crippen molar-refractivity contribution in [2.75, 3.05) is 6.61 Å². The molecule has 0 atom stereocenters. The van der Waals surface area contributed by atoms with E-state index in [1.54, 1.807) is 13.0 Å². The van der Waals surface area contributed by atoms with Crippen molar-refractivity contribution >= 4 is 17.7 Å². The van der Waals surface area contributed by atoms with Crippen LogP contribution in [0.4, 0.5) is 5.69 Å². The van der Waals surface area contributed by atoms with E-state index in [9.17, 15) is 14.9 Å². The summed E-state index contributed by atoms with van der Waals surface area (Å²) in [6.45, 7) is 3.83. The zero-order valence-electron chi connectivity index (χ0n) is 9.67. The summed E-state index contributed by atoms with van der Waals surface area (Å²) >= 11 is 0. The molecule has 0 aromatic heterocycles. The van der Waals surface area contributed by atoms with Crippen molar-refractivity contribution in [3.8, 4) is 0 Å². The van der Waals surface area contributed by atoms with E-state index in [0.717, 1.165) is 5.56 Å². The maximum atomic E-state index is 11.1. The zero-order chi connectivity index (χ0) is 12.8. The predicted octanol–water partition coefficient (Wildman–Crippen LogP) is 2.48. The molecule has 0 saturated heterocycles. The molecule has 90 valence electrons. The summed E-state index contributed by atoms with van der Waals surface area (Å²) in [7, 11) is 0. The maximum absolute atomic E-state index is 11.1. The van der Waals surface area contributed by atoms with Crippen molar-refractivity contribution in [2.24, 2.45) is 0 Å². The van der Waals surface area contributed by atoms with E-state index < -0.39 is 10.9 Å². The highest BCUT2D eigenvalue weighted by atomic mass is 16.6. The van der Waals surface area contributed by atoms with Crippen LogP contribution in [0.15, 0.2) is 24.3 Å². The van der Waals surface area contributed by atoms with Crippen LogP contribution >= 0.6 is 0 Å². The number of hydrogen-bond acceptors (Lipinski definition) is 4. The Balaban J connectivity index is 2.93. The molecule has 0 aliphatic rings. The first-order valence-electron chi connectivity index (χ1n) is 5.14. The molecule has 1 aromatic carbocycles. The highest BCUT2D eigenvalue weighted by molar-refractivity contribution is 5.87. The molecule has 17 heavy (non-hydrogen) atoms. The van der Waals surface area contributed by atoms with Gasteiger partial charge in [0.15, 0.2) is 0 Å². The molecule has 0 radical (unpaired) electrons. The smallest absolute Gasteiger partial charge is 0.330 e. The third kappa shape index (κ3) is 3.71. The van der Waals surface area contributed by atoms with E-state index in [1.807, 2.05) is 6.92 Å². The average Bonchev–Trinajstić information content (AvgIpc) is 2.28. The van der Waals surface area contributed by atoms with Crippen LogP contribution in [0.2, 0.25) is 0 Å². The van der Waals surface area contributed by atoms with Crippen molar-refractivity contribution in [1.82, 2.24) is 0 Å². The van der Waals surface area contributed by atoms with Gasteiger partial charge in [-0.25, -0.2) is 4.79 Å². The summed E-state index contributed by atoms with van der Waals surface area (Å²) < 4.78 is 4.72. The fraction of sp³-hybridized carbons (Fsp3) is 0.250. The van der Waals surface area contributed by atoms with E-state index in [1.165, 1.54) is 24.3 Å². The quantitative estimate of drug-likeness (QED) is 0.348. The van der Waals surface area contributed by atoms with Crippen LogP contribution in [0.3, 0.4) is 0 Å². The molecule has 0 fully saturated rings. The van der Waals surface area contributed by atoms with Crippen LogP contribution in [0.5, 0.6) is 0 Å². The first-order valence-corrected chi connectivity index (χ1v) is 5.14. The number of aryl methyl sites for hydroxylation is 1. The minimum atomic E-state index is -0.471. The summed E-state index contributed by atoms with van der Waals surface area (Å²) in [4.78, 5) is 21.2. The van der Waals surface area contributed by atoms with E-state index in [0.29, 0.717) is 12.2 Å². The van der Waals surface area contributed by atoms with Crippen LogP contribution < -0.4 is 0 Å². The number of esters is 1. The Bertz CT molecular complexity index is 466. The van der Waals surface area contributed by atoms with Crippen LogP contribution in [0.1, 0.15) is 18.1 Å². The lowest BCUT2D eigenvalue weighted by Gasteiger charge is -2.00. The summed E-state index contributed by atoms with van der Waals surface area (Å²) in [6.07, 6.45) is 2.77. The Hall–Kier alpha value is -2.17. The molecule has 0 heterocycles. The Morgan fingerprint density at radius 3 is 2.82 bits per heavy atom. The number of ether oxygens (including phenoxy) is 1. The van der Waals surface area contributed by atoms with Gasteiger partial charge in [-0.15, -0.1) is 0 Å². The SMILES string of the molecule is CCOC(=O)/C=C/c1cc([N+](=O)[O-])ccc1C. The van der Waals surface area contributed by atoms with Crippen molar-refractivity contribution in [2.45, 2.75) is 13.8 Å². The minimum Gasteiger partial charge on any atom is -0.463 e. The largest absolute Gasteiger partial charge is 0.463 e. The lowest BCUT2D eigenvalue weighted by Crippen LogP contribution is -1.99. The van der Waals surface area contributed by atoms with Gasteiger partial charge < -0.3 is 4.74 Å². The maximum Gasteiger partial charge on any atom is 0.330 e. The fourth-order valence-electron chi connectivity index (χ4n) is 1.27. The monoisotopic (exact) mass is 235 g/mol. The van der Waals surface area contributed by atoms with Crippen LogP contribution in [-0.4, -0.2) is 17.5 Å². The first kappa shape index (κ1) is 12.9. The molecule has 0 bridgehead atoms. The molecule has 0 unspecified atom stereocenters. The number of carbonyl (C=O) groups excluding carboxylic acids is 1. The normalized spacial score (nSPS) is 10.5. The molecular formula is C12H13NO4. The first-order chi connectivity index (χ1) is 8.04. The lowest BCUT2D eigenvalue weighted by molar-refractivity contribution is -0.384. The third-order valence-electron chi connectivity index (χ3n) is 2.16. The van der Waals surface area contributed by atoms with E-state index in [4.69, 9.17) is 4.74 Å². The number of non-ortho nitro benzene ring substituents is 1. The van der Waals surface area contributed by atoms with Gasteiger partial charge in [0, 0.05) is 18.2 Å². The van der Waals surface area contributed by atoms with Gasteiger partial charge in [0.25, 0.3) is 5.69 Å². The number of carbonyl (C=O) groups is 1. The van der Waals surface area contributed by atoms with E-state index in [-0.39, 0.29) is 5.69 Å². The Morgan fingerprint density at radius 2 is 2.24 bits per heavy atom. The second-order valence-corrected chi connectivity index (χ2v) is 3.38. The summed E-state index contributed by atoms with van der Waals surface area (Å²) in [5.74, 6) is -0.460. The second kappa shape index (κ2) is 5.79. The van der Waals surface area contributed by atoms with Gasteiger partial charge >= 0.3 is 5.97 Å². The van der Waals surface area contributed by atoms with Crippen LogP contribution in [0.25, 0.3) is 6.08 Å². The Kier molecular flexibility index (Phi) is 4.39. The molecule has 1 rings (SSSR count). The third-order valence-corrected chi connectivity index (χ3v) is 2.16. The van der Waals surface area contributed by atoms with Gasteiger partial charge in [-0.05, 0) is 31.1 Å². The number of rotatable bonds is 4. The van der Waals surface area contributed by atoms with Crippen molar-refractivity contribution in [3.63, 3.8) is 0 Å². The van der Waals surface area contributed by atoms with Gasteiger partial charge in [0.2, 0.25) is 0 Å². The van der Waals surface area contributed by atoms with E-state index >= 15 is 0 Å². The Labute approximate surface area is 98.9 Å². The minimum absolute atomic E-state index is 0.000825. The van der Waals surface area contributed by atoms with Crippen LogP contribution in [-0.2, 0) is 9.53 Å². The van der Waals surface area contributed by atoms with Gasteiger partial charge in [0.1, 0.15) is 0 Å². The number of benzene rings is 1. The molecule has 0 aliphatic heterocycles. The zero-order valence-corrected chi connectivity index (χ0v) is 9.67. The van der Waals surface area contributed by atoms with Crippen molar-refractivity contribution in [1.29, 1.82) is 0 Å². The summed E-state index contributed by atoms with van der Waals surface area (Å²) in [5, 5.41) is 10.6. The highest BCUT2D eigenvalue weighted by Crippen LogP contribution is 2.18. The fourth-order valence-corrected chi connectivity index (χ4v) is 1.27. The molecule has 0 N–H and O–H groups in total.